The number of rotatable bonds is 8. The molecule has 1 unspecified atom stereocenters. The fourth-order valence-electron chi connectivity index (χ4n) is 4.84. The van der Waals surface area contributed by atoms with E-state index in [1.54, 1.807) is 22.2 Å². The van der Waals surface area contributed by atoms with Crippen molar-refractivity contribution < 1.29 is 14.4 Å². The summed E-state index contributed by atoms with van der Waals surface area (Å²) in [5, 5.41) is 2.83. The number of amides is 3. The van der Waals surface area contributed by atoms with Gasteiger partial charge in [-0.05, 0) is 36.7 Å². The first-order chi connectivity index (χ1) is 15.4. The van der Waals surface area contributed by atoms with Gasteiger partial charge in [-0.25, -0.2) is 0 Å². The van der Waals surface area contributed by atoms with Crippen molar-refractivity contribution in [2.24, 2.45) is 11.8 Å². The highest BCUT2D eigenvalue weighted by atomic mass is 16.2. The maximum atomic E-state index is 13.6. The van der Waals surface area contributed by atoms with E-state index in [0.717, 1.165) is 38.5 Å². The Kier molecular flexibility index (Phi) is 8.48. The summed E-state index contributed by atoms with van der Waals surface area (Å²) in [5.41, 5.74) is 1.18. The normalized spacial score (nSPS) is 21.3. The van der Waals surface area contributed by atoms with Crippen LogP contribution in [0.25, 0.3) is 0 Å². The van der Waals surface area contributed by atoms with E-state index >= 15 is 0 Å². The van der Waals surface area contributed by atoms with Crippen LogP contribution in [0.2, 0.25) is 0 Å². The second-order valence-electron chi connectivity index (χ2n) is 9.22. The van der Waals surface area contributed by atoms with E-state index in [-0.39, 0.29) is 29.6 Å². The Bertz CT molecular complexity index is 817. The third-order valence-electron chi connectivity index (χ3n) is 6.92. The van der Waals surface area contributed by atoms with Crippen molar-refractivity contribution in [3.63, 3.8) is 0 Å². The van der Waals surface area contributed by atoms with Crippen LogP contribution in [0.3, 0.4) is 0 Å². The molecule has 174 valence electrons. The van der Waals surface area contributed by atoms with E-state index in [0.29, 0.717) is 6.54 Å². The fraction of sp³-hybridized carbons (Fsp3) is 0.577. The minimum absolute atomic E-state index is 0.00518. The standard InChI is InChI=1S/C26H37N3O3/c1-4-19(2)23(27-20(3)30)25(31)29-18-17-28(16-15-21-11-7-5-8-12-21)26(32)24(29)22-13-9-6-10-14-22/h5,7-8,11-12,17-19,22-24H,4,6,9-10,13-16H2,1-3H3,(H,27,30)/t19?,23-,24-/m1/s1. The molecule has 0 spiro atoms. The second kappa shape index (κ2) is 11.3. The second-order valence-corrected chi connectivity index (χ2v) is 9.22. The Labute approximate surface area is 192 Å². The molecule has 1 aliphatic heterocycles. The van der Waals surface area contributed by atoms with E-state index in [9.17, 15) is 14.4 Å². The molecule has 1 heterocycles. The molecule has 6 nitrogen and oxygen atoms in total. The smallest absolute Gasteiger partial charge is 0.250 e. The van der Waals surface area contributed by atoms with Crippen molar-refractivity contribution in [2.75, 3.05) is 6.54 Å². The van der Waals surface area contributed by atoms with Crippen LogP contribution >= 0.6 is 0 Å². The van der Waals surface area contributed by atoms with Crippen molar-refractivity contribution in [3.05, 3.63) is 48.3 Å². The zero-order valence-electron chi connectivity index (χ0n) is 19.6. The molecular formula is C26H37N3O3. The minimum Gasteiger partial charge on any atom is -0.344 e. The zero-order chi connectivity index (χ0) is 23.1. The summed E-state index contributed by atoms with van der Waals surface area (Å²) >= 11 is 0. The lowest BCUT2D eigenvalue weighted by Crippen LogP contribution is -2.59. The number of benzene rings is 1. The SMILES string of the molecule is CCC(C)[C@@H](NC(C)=O)C(=O)N1C=CN(CCc2ccccc2)C(=O)[C@H]1C1CCCCC1. The Balaban J connectivity index is 1.84. The summed E-state index contributed by atoms with van der Waals surface area (Å²) in [6.07, 6.45) is 10.3. The summed E-state index contributed by atoms with van der Waals surface area (Å²) in [7, 11) is 0. The molecule has 1 fully saturated rings. The third-order valence-corrected chi connectivity index (χ3v) is 6.92. The largest absolute Gasteiger partial charge is 0.344 e. The van der Waals surface area contributed by atoms with Gasteiger partial charge in [0.1, 0.15) is 12.1 Å². The first-order valence-electron chi connectivity index (χ1n) is 12.0. The molecule has 3 atom stereocenters. The van der Waals surface area contributed by atoms with Gasteiger partial charge in [-0.3, -0.25) is 14.4 Å². The number of nitrogens with zero attached hydrogens (tertiary/aromatic N) is 2. The number of carbonyl (C=O) groups is 3. The molecule has 0 radical (unpaired) electrons. The Morgan fingerprint density at radius 3 is 2.41 bits per heavy atom. The van der Waals surface area contributed by atoms with Gasteiger partial charge in [-0.1, -0.05) is 69.9 Å². The molecular weight excluding hydrogens is 402 g/mol. The van der Waals surface area contributed by atoms with Gasteiger partial charge in [0.05, 0.1) is 0 Å². The highest BCUT2D eigenvalue weighted by Gasteiger charge is 2.42. The Morgan fingerprint density at radius 1 is 1.09 bits per heavy atom. The first-order valence-corrected chi connectivity index (χ1v) is 12.0. The van der Waals surface area contributed by atoms with Crippen LogP contribution in [0.15, 0.2) is 42.7 Å². The van der Waals surface area contributed by atoms with Gasteiger partial charge in [0.15, 0.2) is 0 Å². The van der Waals surface area contributed by atoms with Gasteiger partial charge in [0.25, 0.3) is 0 Å². The van der Waals surface area contributed by atoms with Crippen LogP contribution in [0.4, 0.5) is 0 Å². The molecule has 3 amide bonds. The third kappa shape index (κ3) is 5.78. The maximum absolute atomic E-state index is 13.6. The number of carbonyl (C=O) groups excluding carboxylic acids is 3. The number of hydrogen-bond donors (Lipinski definition) is 1. The molecule has 32 heavy (non-hydrogen) atoms. The summed E-state index contributed by atoms with van der Waals surface area (Å²) in [4.78, 5) is 42.5. The summed E-state index contributed by atoms with van der Waals surface area (Å²) in [5.74, 6) is -0.279. The predicted octanol–water partition coefficient (Wildman–Crippen LogP) is 3.87. The molecule has 6 heteroatoms. The highest BCUT2D eigenvalue weighted by Crippen LogP contribution is 2.33. The van der Waals surface area contributed by atoms with Crippen LogP contribution in [0.1, 0.15) is 64.9 Å². The van der Waals surface area contributed by atoms with Crippen LogP contribution in [0, 0.1) is 11.8 Å². The molecule has 1 N–H and O–H groups in total. The molecule has 0 bridgehead atoms. The van der Waals surface area contributed by atoms with Gasteiger partial charge in [-0.2, -0.15) is 0 Å². The predicted molar refractivity (Wildman–Crippen MR) is 125 cm³/mol. The lowest BCUT2D eigenvalue weighted by atomic mass is 9.81. The Hall–Kier alpha value is -2.63. The number of nitrogens with one attached hydrogen (secondary N) is 1. The minimum atomic E-state index is -0.628. The zero-order valence-corrected chi connectivity index (χ0v) is 19.6. The lowest BCUT2D eigenvalue weighted by molar-refractivity contribution is -0.148. The van der Waals surface area contributed by atoms with Crippen molar-refractivity contribution >= 4 is 17.7 Å². The molecule has 2 aliphatic rings. The van der Waals surface area contributed by atoms with Crippen LogP contribution < -0.4 is 5.32 Å². The van der Waals surface area contributed by atoms with Crippen molar-refractivity contribution in [1.29, 1.82) is 0 Å². The van der Waals surface area contributed by atoms with E-state index in [4.69, 9.17) is 0 Å². The van der Waals surface area contributed by atoms with E-state index < -0.39 is 12.1 Å². The molecule has 1 aromatic rings. The average molecular weight is 440 g/mol. The van der Waals surface area contributed by atoms with Crippen LogP contribution in [-0.4, -0.2) is 46.1 Å². The lowest BCUT2D eigenvalue weighted by Gasteiger charge is -2.42. The van der Waals surface area contributed by atoms with Gasteiger partial charge in [-0.15, -0.1) is 0 Å². The topological polar surface area (TPSA) is 69.7 Å². The summed E-state index contributed by atoms with van der Waals surface area (Å²) in [6, 6.07) is 9.01. The molecule has 1 aromatic carbocycles. The first kappa shape index (κ1) is 24.0. The highest BCUT2D eigenvalue weighted by molar-refractivity contribution is 5.94. The monoisotopic (exact) mass is 439 g/mol. The Morgan fingerprint density at radius 2 is 1.78 bits per heavy atom. The van der Waals surface area contributed by atoms with Crippen molar-refractivity contribution in [3.8, 4) is 0 Å². The molecule has 0 saturated heterocycles. The van der Waals surface area contributed by atoms with E-state index in [1.165, 1.54) is 18.9 Å². The maximum Gasteiger partial charge on any atom is 0.250 e. The van der Waals surface area contributed by atoms with E-state index in [2.05, 4.69) is 17.4 Å². The van der Waals surface area contributed by atoms with Crippen LogP contribution in [0.5, 0.6) is 0 Å². The van der Waals surface area contributed by atoms with Gasteiger partial charge in [0, 0.05) is 25.9 Å². The fourth-order valence-corrected chi connectivity index (χ4v) is 4.84. The quantitative estimate of drug-likeness (QED) is 0.668. The molecule has 0 aromatic heterocycles. The average Bonchev–Trinajstić information content (AvgIpc) is 2.81. The van der Waals surface area contributed by atoms with E-state index in [1.807, 2.05) is 32.0 Å². The molecule has 1 saturated carbocycles. The van der Waals surface area contributed by atoms with Crippen molar-refractivity contribution in [2.45, 2.75) is 77.8 Å². The molecule has 1 aliphatic carbocycles. The number of hydrogen-bond acceptors (Lipinski definition) is 3. The van der Waals surface area contributed by atoms with Gasteiger partial charge in [0.2, 0.25) is 17.7 Å². The van der Waals surface area contributed by atoms with Crippen LogP contribution in [-0.2, 0) is 20.8 Å². The van der Waals surface area contributed by atoms with Gasteiger partial charge >= 0.3 is 0 Å². The summed E-state index contributed by atoms with van der Waals surface area (Å²) in [6.45, 7) is 6.00. The summed E-state index contributed by atoms with van der Waals surface area (Å²) < 4.78 is 0. The van der Waals surface area contributed by atoms with Gasteiger partial charge < -0.3 is 15.1 Å². The molecule has 3 rings (SSSR count). The van der Waals surface area contributed by atoms with Crippen molar-refractivity contribution in [1.82, 2.24) is 15.1 Å².